The van der Waals surface area contributed by atoms with E-state index in [1.165, 1.54) is 18.4 Å². The molecule has 0 aliphatic carbocycles. The van der Waals surface area contributed by atoms with E-state index in [9.17, 15) is 20.0 Å². The molecule has 1 atom stereocenters. The van der Waals surface area contributed by atoms with Crippen molar-refractivity contribution >= 4 is 23.2 Å². The van der Waals surface area contributed by atoms with Crippen LogP contribution in [-0.4, -0.2) is 22.5 Å². The SMILES string of the molecule is O=C(NCC(O)c1ccco1)c1ccc([N+](=O)[O-])cc1Cl. The fourth-order valence-corrected chi connectivity index (χ4v) is 1.93. The van der Waals surface area contributed by atoms with Gasteiger partial charge in [-0.15, -0.1) is 0 Å². The molecule has 8 heteroatoms. The second-order valence-corrected chi connectivity index (χ2v) is 4.57. The van der Waals surface area contributed by atoms with Gasteiger partial charge in [-0.2, -0.15) is 0 Å². The van der Waals surface area contributed by atoms with E-state index in [4.69, 9.17) is 16.0 Å². The maximum Gasteiger partial charge on any atom is 0.270 e. The van der Waals surface area contributed by atoms with Gasteiger partial charge in [-0.3, -0.25) is 14.9 Å². The van der Waals surface area contributed by atoms with Crippen LogP contribution in [0.4, 0.5) is 5.69 Å². The molecule has 2 aromatic rings. The Balaban J connectivity index is 2.02. The molecule has 1 unspecified atom stereocenters. The van der Waals surface area contributed by atoms with E-state index >= 15 is 0 Å². The van der Waals surface area contributed by atoms with Crippen molar-refractivity contribution in [2.24, 2.45) is 0 Å². The molecule has 0 saturated carbocycles. The lowest BCUT2D eigenvalue weighted by molar-refractivity contribution is -0.384. The summed E-state index contributed by atoms with van der Waals surface area (Å²) in [6, 6.07) is 6.74. The molecule has 0 aliphatic rings. The maximum atomic E-state index is 11.9. The number of carbonyl (C=O) groups excluding carboxylic acids is 1. The number of aliphatic hydroxyl groups is 1. The Labute approximate surface area is 124 Å². The smallest absolute Gasteiger partial charge is 0.270 e. The zero-order valence-electron chi connectivity index (χ0n) is 10.7. The van der Waals surface area contributed by atoms with Gasteiger partial charge < -0.3 is 14.8 Å². The zero-order valence-corrected chi connectivity index (χ0v) is 11.4. The molecule has 110 valence electrons. The van der Waals surface area contributed by atoms with Gasteiger partial charge in [0, 0.05) is 12.1 Å². The minimum absolute atomic E-state index is 0.0332. The number of carbonyl (C=O) groups is 1. The predicted molar refractivity (Wildman–Crippen MR) is 74.1 cm³/mol. The molecule has 0 fully saturated rings. The highest BCUT2D eigenvalue weighted by molar-refractivity contribution is 6.34. The predicted octanol–water partition coefficient (Wildman–Crippen LogP) is 2.30. The van der Waals surface area contributed by atoms with E-state index in [0.717, 1.165) is 6.07 Å². The molecule has 7 nitrogen and oxygen atoms in total. The number of non-ortho nitro benzene ring substituents is 1. The Kier molecular flexibility index (Phi) is 4.56. The first-order valence-electron chi connectivity index (χ1n) is 5.92. The molecule has 21 heavy (non-hydrogen) atoms. The minimum atomic E-state index is -0.985. The van der Waals surface area contributed by atoms with Crippen molar-refractivity contribution in [2.75, 3.05) is 6.54 Å². The number of furan rings is 1. The molecule has 1 heterocycles. The normalized spacial score (nSPS) is 11.9. The third-order valence-electron chi connectivity index (χ3n) is 2.74. The lowest BCUT2D eigenvalue weighted by atomic mass is 10.2. The fraction of sp³-hybridized carbons (Fsp3) is 0.154. The Morgan fingerprint density at radius 2 is 2.24 bits per heavy atom. The maximum absolute atomic E-state index is 11.9. The van der Waals surface area contributed by atoms with Crippen LogP contribution < -0.4 is 5.32 Å². The average Bonchev–Trinajstić information content (AvgIpc) is 2.98. The van der Waals surface area contributed by atoms with Crippen LogP contribution in [0.3, 0.4) is 0 Å². The number of rotatable bonds is 5. The summed E-state index contributed by atoms with van der Waals surface area (Å²) in [4.78, 5) is 21.9. The van der Waals surface area contributed by atoms with Crippen LogP contribution in [0, 0.1) is 10.1 Å². The minimum Gasteiger partial charge on any atom is -0.467 e. The highest BCUT2D eigenvalue weighted by Crippen LogP contribution is 2.22. The molecule has 0 bridgehead atoms. The van der Waals surface area contributed by atoms with Gasteiger partial charge in [0.2, 0.25) is 0 Å². The fourth-order valence-electron chi connectivity index (χ4n) is 1.67. The third-order valence-corrected chi connectivity index (χ3v) is 3.05. The van der Waals surface area contributed by atoms with Crippen molar-refractivity contribution in [1.82, 2.24) is 5.32 Å². The second kappa shape index (κ2) is 6.38. The summed E-state index contributed by atoms with van der Waals surface area (Å²) in [6.07, 6.45) is 0.425. The Morgan fingerprint density at radius 3 is 2.81 bits per heavy atom. The monoisotopic (exact) mass is 310 g/mol. The van der Waals surface area contributed by atoms with Gasteiger partial charge in [0.05, 0.1) is 28.3 Å². The van der Waals surface area contributed by atoms with Gasteiger partial charge >= 0.3 is 0 Å². The molecule has 2 rings (SSSR count). The number of halogens is 1. The van der Waals surface area contributed by atoms with Crippen molar-refractivity contribution in [2.45, 2.75) is 6.10 Å². The van der Waals surface area contributed by atoms with Gasteiger partial charge in [0.1, 0.15) is 11.9 Å². The van der Waals surface area contributed by atoms with E-state index in [1.807, 2.05) is 0 Å². The number of nitrogens with one attached hydrogen (secondary N) is 1. The van der Waals surface area contributed by atoms with Crippen LogP contribution in [0.15, 0.2) is 41.0 Å². The lowest BCUT2D eigenvalue weighted by Gasteiger charge is -2.10. The van der Waals surface area contributed by atoms with Crippen LogP contribution in [0.2, 0.25) is 5.02 Å². The molecule has 0 radical (unpaired) electrons. The van der Waals surface area contributed by atoms with Gasteiger partial charge in [-0.05, 0) is 18.2 Å². The lowest BCUT2D eigenvalue weighted by Crippen LogP contribution is -2.28. The van der Waals surface area contributed by atoms with E-state index in [2.05, 4.69) is 5.32 Å². The number of aliphatic hydroxyl groups excluding tert-OH is 1. The van der Waals surface area contributed by atoms with Crippen molar-refractivity contribution in [3.8, 4) is 0 Å². The number of nitro groups is 1. The molecule has 2 N–H and O–H groups in total. The largest absolute Gasteiger partial charge is 0.467 e. The number of hydrogen-bond acceptors (Lipinski definition) is 5. The molecule has 0 spiro atoms. The summed E-state index contributed by atoms with van der Waals surface area (Å²) in [7, 11) is 0. The summed E-state index contributed by atoms with van der Waals surface area (Å²) in [5.74, 6) is -0.217. The number of nitro benzene ring substituents is 1. The van der Waals surface area contributed by atoms with Crippen LogP contribution in [0.25, 0.3) is 0 Å². The van der Waals surface area contributed by atoms with Crippen molar-refractivity contribution < 1.29 is 19.2 Å². The van der Waals surface area contributed by atoms with Gasteiger partial charge in [0.15, 0.2) is 0 Å². The molecule has 0 saturated heterocycles. The van der Waals surface area contributed by atoms with Crippen LogP contribution in [0.1, 0.15) is 22.2 Å². The van der Waals surface area contributed by atoms with Crippen LogP contribution in [0.5, 0.6) is 0 Å². The second-order valence-electron chi connectivity index (χ2n) is 4.16. The first-order valence-corrected chi connectivity index (χ1v) is 6.30. The topological polar surface area (TPSA) is 106 Å². The zero-order chi connectivity index (χ0) is 15.4. The summed E-state index contributed by atoms with van der Waals surface area (Å²) < 4.78 is 5.00. The number of benzene rings is 1. The highest BCUT2D eigenvalue weighted by Gasteiger charge is 2.17. The van der Waals surface area contributed by atoms with E-state index in [0.29, 0.717) is 5.76 Å². The average molecular weight is 311 g/mol. The van der Waals surface area contributed by atoms with Crippen LogP contribution in [-0.2, 0) is 0 Å². The van der Waals surface area contributed by atoms with Crippen molar-refractivity contribution in [1.29, 1.82) is 0 Å². The van der Waals surface area contributed by atoms with Gasteiger partial charge in [-0.25, -0.2) is 0 Å². The quantitative estimate of drug-likeness (QED) is 0.651. The first-order chi connectivity index (χ1) is 9.99. The molecule has 1 aromatic heterocycles. The van der Waals surface area contributed by atoms with E-state index in [-0.39, 0.29) is 22.8 Å². The number of amides is 1. The Bertz CT molecular complexity index is 657. The molecule has 0 aliphatic heterocycles. The summed E-state index contributed by atoms with van der Waals surface area (Å²) in [5.41, 5.74) is -0.110. The van der Waals surface area contributed by atoms with E-state index < -0.39 is 16.9 Å². The van der Waals surface area contributed by atoms with Gasteiger partial charge in [0.25, 0.3) is 11.6 Å². The molecular formula is C13H11ClN2O5. The Morgan fingerprint density at radius 1 is 1.48 bits per heavy atom. The first kappa shape index (κ1) is 15.0. The van der Waals surface area contributed by atoms with Crippen molar-refractivity contribution in [3.63, 3.8) is 0 Å². The highest BCUT2D eigenvalue weighted by atomic mass is 35.5. The molecule has 1 aromatic carbocycles. The summed E-state index contributed by atoms with van der Waals surface area (Å²) in [5, 5.41) is 22.8. The molecule has 1 amide bonds. The van der Waals surface area contributed by atoms with E-state index in [1.54, 1.807) is 12.1 Å². The van der Waals surface area contributed by atoms with Crippen molar-refractivity contribution in [3.05, 3.63) is 63.1 Å². The summed E-state index contributed by atoms with van der Waals surface area (Å²) in [6.45, 7) is -0.0698. The standard InChI is InChI=1S/C13H11ClN2O5/c14-10-6-8(16(19)20)3-4-9(10)13(18)15-7-11(17)12-2-1-5-21-12/h1-6,11,17H,7H2,(H,15,18). The Hall–Kier alpha value is -2.38. The van der Waals surface area contributed by atoms with Gasteiger partial charge in [-0.1, -0.05) is 11.6 Å². The number of nitrogens with zero attached hydrogens (tertiary/aromatic N) is 1. The molecular weight excluding hydrogens is 300 g/mol. The third kappa shape index (κ3) is 3.59. The number of hydrogen-bond donors (Lipinski definition) is 2. The summed E-state index contributed by atoms with van der Waals surface area (Å²) >= 11 is 5.84. The van der Waals surface area contributed by atoms with Crippen LogP contribution >= 0.6 is 11.6 Å².